The molecule has 0 aliphatic heterocycles. The van der Waals surface area contributed by atoms with Gasteiger partial charge in [0.2, 0.25) is 5.91 Å². The minimum Gasteiger partial charge on any atom is -0.494 e. The van der Waals surface area contributed by atoms with E-state index >= 15 is 0 Å². The van der Waals surface area contributed by atoms with Gasteiger partial charge in [-0.05, 0) is 49.8 Å². The fourth-order valence-electron chi connectivity index (χ4n) is 5.23. The third-order valence-corrected chi connectivity index (χ3v) is 8.25. The van der Waals surface area contributed by atoms with Gasteiger partial charge in [0.1, 0.15) is 17.6 Å². The van der Waals surface area contributed by atoms with E-state index < -0.39 is 35.4 Å². The molecule has 0 heterocycles. The fraction of sp³-hybridized carbons (Fsp3) is 0.676. The lowest BCUT2D eigenvalue weighted by Crippen LogP contribution is -2.55. The highest BCUT2D eigenvalue weighted by Crippen LogP contribution is 2.26. The normalized spacial score (nSPS) is 13.9. The molecule has 0 bridgehead atoms. The Hall–Kier alpha value is -3.24. The van der Waals surface area contributed by atoms with Gasteiger partial charge in [0.15, 0.2) is 5.60 Å². The zero-order valence-corrected chi connectivity index (χ0v) is 29.1. The van der Waals surface area contributed by atoms with Crippen molar-refractivity contribution in [2.24, 2.45) is 5.92 Å². The third-order valence-electron chi connectivity index (χ3n) is 8.25. The summed E-state index contributed by atoms with van der Waals surface area (Å²) in [6, 6.07) is 6.03. The molecular formula is C37H59NO9. The topological polar surface area (TPSA) is 148 Å². The first-order chi connectivity index (χ1) is 22.6. The Morgan fingerprint density at radius 2 is 1.47 bits per heavy atom. The van der Waals surface area contributed by atoms with Crippen molar-refractivity contribution in [3.05, 3.63) is 42.0 Å². The number of carbonyl (C=O) groups excluding carboxylic acids is 3. The van der Waals surface area contributed by atoms with Crippen molar-refractivity contribution in [1.82, 2.24) is 5.32 Å². The molecule has 1 aromatic carbocycles. The van der Waals surface area contributed by atoms with Crippen LogP contribution < -0.4 is 10.1 Å². The number of benzene rings is 1. The summed E-state index contributed by atoms with van der Waals surface area (Å²) in [6.07, 6.45) is 15.7. The standard InChI is InChI=1S/C37H59NO9/c1-5-7-9-12-15-18-30(39)19-16-13-10-11-14-17-20-32(37(44,36(42)43)25-27-45-3)34(40)38-33(35(41)46-4)28-29-21-23-31(24-22-29)47-26-8-6-2/h17,20-24,32-33,44H,5-16,18-19,25-28H2,1-4H3,(H,38,40)(H,42,43)/t32-,33+,37+/m1/s1. The van der Waals surface area contributed by atoms with Gasteiger partial charge in [-0.25, -0.2) is 9.59 Å². The summed E-state index contributed by atoms with van der Waals surface area (Å²) in [5.74, 6) is -3.56. The van der Waals surface area contributed by atoms with Crippen LogP contribution in [0.15, 0.2) is 36.4 Å². The summed E-state index contributed by atoms with van der Waals surface area (Å²) in [5, 5.41) is 23.9. The van der Waals surface area contributed by atoms with Crippen molar-refractivity contribution in [2.75, 3.05) is 27.4 Å². The van der Waals surface area contributed by atoms with Crippen molar-refractivity contribution in [2.45, 2.75) is 128 Å². The number of ketones is 1. The molecule has 0 aliphatic rings. The minimum absolute atomic E-state index is 0.0923. The van der Waals surface area contributed by atoms with E-state index in [1.807, 2.05) is 0 Å². The van der Waals surface area contributed by atoms with E-state index in [2.05, 4.69) is 19.2 Å². The van der Waals surface area contributed by atoms with E-state index in [1.165, 1.54) is 39.6 Å². The number of carboxylic acid groups (broad SMARTS) is 1. The van der Waals surface area contributed by atoms with Gasteiger partial charge in [0.05, 0.1) is 19.6 Å². The number of methoxy groups -OCH3 is 2. The summed E-state index contributed by atoms with van der Waals surface area (Å²) >= 11 is 0. The number of amides is 1. The summed E-state index contributed by atoms with van der Waals surface area (Å²) in [6.45, 7) is 4.76. The summed E-state index contributed by atoms with van der Waals surface area (Å²) < 4.78 is 15.6. The van der Waals surface area contributed by atoms with Crippen molar-refractivity contribution in [3.8, 4) is 5.75 Å². The Labute approximate surface area is 281 Å². The van der Waals surface area contributed by atoms with Gasteiger partial charge in [-0.2, -0.15) is 0 Å². The van der Waals surface area contributed by atoms with E-state index in [9.17, 15) is 29.4 Å². The molecule has 0 aromatic heterocycles. The highest BCUT2D eigenvalue weighted by atomic mass is 16.5. The fourth-order valence-corrected chi connectivity index (χ4v) is 5.23. The van der Waals surface area contributed by atoms with Gasteiger partial charge in [0.25, 0.3) is 0 Å². The maximum absolute atomic E-state index is 13.6. The summed E-state index contributed by atoms with van der Waals surface area (Å²) in [7, 11) is 2.59. The first kappa shape index (κ1) is 41.8. The number of hydrogen-bond donors (Lipinski definition) is 3. The number of carbonyl (C=O) groups is 4. The van der Waals surface area contributed by atoms with E-state index in [-0.39, 0.29) is 19.4 Å². The maximum Gasteiger partial charge on any atom is 0.336 e. The Bertz CT molecular complexity index is 1070. The number of carboxylic acids is 1. The number of rotatable bonds is 28. The van der Waals surface area contributed by atoms with E-state index in [1.54, 1.807) is 30.3 Å². The molecule has 3 N–H and O–H groups in total. The SMILES string of the molecule is CCCCCCCC(=O)CCCCCCC=C[C@H](C(=O)N[C@@H](Cc1ccc(OCCCC)cc1)C(=O)OC)[C@@](O)(CCOC)C(=O)O. The number of aliphatic hydroxyl groups is 1. The molecule has 1 rings (SSSR count). The average Bonchev–Trinajstić information content (AvgIpc) is 3.06. The molecule has 0 unspecified atom stereocenters. The van der Waals surface area contributed by atoms with Gasteiger partial charge < -0.3 is 29.7 Å². The monoisotopic (exact) mass is 661 g/mol. The molecule has 47 heavy (non-hydrogen) atoms. The lowest BCUT2D eigenvalue weighted by atomic mass is 9.83. The van der Waals surface area contributed by atoms with Crippen molar-refractivity contribution in [3.63, 3.8) is 0 Å². The molecule has 1 aromatic rings. The maximum atomic E-state index is 13.6. The first-order valence-electron chi connectivity index (χ1n) is 17.4. The molecule has 1 amide bonds. The Balaban J connectivity index is 2.85. The van der Waals surface area contributed by atoms with Crippen LogP contribution in [0.5, 0.6) is 5.75 Å². The molecule has 10 nitrogen and oxygen atoms in total. The Morgan fingerprint density at radius 1 is 0.851 bits per heavy atom. The third kappa shape index (κ3) is 16.9. The molecule has 0 radical (unpaired) electrons. The van der Waals surface area contributed by atoms with Gasteiger partial charge in [-0.3, -0.25) is 9.59 Å². The van der Waals surface area contributed by atoms with E-state index in [4.69, 9.17) is 14.2 Å². The second kappa shape index (κ2) is 24.9. The number of aliphatic carboxylic acids is 1. The molecule has 0 fully saturated rings. The van der Waals surface area contributed by atoms with Gasteiger partial charge >= 0.3 is 11.9 Å². The number of Topliss-reactive ketones (excluding diaryl/α,β-unsaturated/α-hetero) is 1. The van der Waals surface area contributed by atoms with Crippen LogP contribution in [0.25, 0.3) is 0 Å². The minimum atomic E-state index is -2.47. The Kier molecular flexibility index (Phi) is 22.1. The second-order valence-electron chi connectivity index (χ2n) is 12.2. The van der Waals surface area contributed by atoms with Crippen LogP contribution in [0.2, 0.25) is 0 Å². The van der Waals surface area contributed by atoms with Crippen LogP contribution in [-0.4, -0.2) is 72.9 Å². The van der Waals surface area contributed by atoms with Crippen LogP contribution >= 0.6 is 0 Å². The van der Waals surface area contributed by atoms with E-state index in [0.717, 1.165) is 56.9 Å². The smallest absolute Gasteiger partial charge is 0.336 e. The molecule has 266 valence electrons. The number of allylic oxidation sites excluding steroid dienone is 1. The van der Waals surface area contributed by atoms with Crippen LogP contribution in [-0.2, 0) is 35.1 Å². The molecule has 0 saturated heterocycles. The van der Waals surface area contributed by atoms with Crippen molar-refractivity contribution in [1.29, 1.82) is 0 Å². The van der Waals surface area contributed by atoms with Crippen molar-refractivity contribution >= 4 is 23.6 Å². The van der Waals surface area contributed by atoms with Crippen LogP contribution in [0.3, 0.4) is 0 Å². The van der Waals surface area contributed by atoms with Gasteiger partial charge in [-0.1, -0.05) is 83.1 Å². The van der Waals surface area contributed by atoms with Crippen LogP contribution in [0.4, 0.5) is 0 Å². The van der Waals surface area contributed by atoms with Gasteiger partial charge in [0, 0.05) is 39.4 Å². The number of ether oxygens (including phenoxy) is 3. The summed E-state index contributed by atoms with van der Waals surface area (Å²) in [4.78, 5) is 50.7. The van der Waals surface area contributed by atoms with Crippen LogP contribution in [0, 0.1) is 5.92 Å². The zero-order chi connectivity index (χ0) is 34.9. The predicted octanol–water partition coefficient (Wildman–Crippen LogP) is 6.36. The number of esters is 1. The predicted molar refractivity (Wildman–Crippen MR) is 182 cm³/mol. The van der Waals surface area contributed by atoms with Gasteiger partial charge in [-0.15, -0.1) is 0 Å². The highest BCUT2D eigenvalue weighted by molar-refractivity contribution is 5.92. The molecule has 3 atom stereocenters. The summed E-state index contributed by atoms with van der Waals surface area (Å²) in [5.41, 5.74) is -1.73. The Morgan fingerprint density at radius 3 is 2.04 bits per heavy atom. The highest BCUT2D eigenvalue weighted by Gasteiger charge is 2.47. The largest absolute Gasteiger partial charge is 0.494 e. The number of nitrogens with one attached hydrogen (secondary N) is 1. The molecule has 10 heteroatoms. The lowest BCUT2D eigenvalue weighted by molar-refractivity contribution is -0.169. The van der Waals surface area contributed by atoms with Crippen molar-refractivity contribution < 1.29 is 43.6 Å². The number of unbranched alkanes of at least 4 members (excludes halogenated alkanes) is 9. The molecule has 0 saturated carbocycles. The van der Waals surface area contributed by atoms with E-state index in [0.29, 0.717) is 37.4 Å². The zero-order valence-electron chi connectivity index (χ0n) is 29.1. The number of hydrogen-bond acceptors (Lipinski definition) is 8. The second-order valence-corrected chi connectivity index (χ2v) is 12.2. The average molecular weight is 662 g/mol. The quantitative estimate of drug-likeness (QED) is 0.0530. The molecule has 0 spiro atoms. The molecule has 0 aliphatic carbocycles. The molecular weight excluding hydrogens is 602 g/mol. The first-order valence-corrected chi connectivity index (χ1v) is 17.4. The lowest BCUT2D eigenvalue weighted by Gasteiger charge is -2.30. The van der Waals surface area contributed by atoms with Crippen LogP contribution in [0.1, 0.15) is 116 Å².